The Labute approximate surface area is 154 Å². The van der Waals surface area contributed by atoms with Crippen LogP contribution >= 0.6 is 11.6 Å². The number of halogens is 1. The van der Waals surface area contributed by atoms with E-state index in [2.05, 4.69) is 15.1 Å². The predicted octanol–water partition coefficient (Wildman–Crippen LogP) is 1.88. The maximum absolute atomic E-state index is 12.1. The summed E-state index contributed by atoms with van der Waals surface area (Å²) in [5.74, 6) is 0.0379. The lowest BCUT2D eigenvalue weighted by molar-refractivity contribution is -0.121. The number of carbonyl (C=O) groups is 1. The van der Waals surface area contributed by atoms with Gasteiger partial charge >= 0.3 is 0 Å². The summed E-state index contributed by atoms with van der Waals surface area (Å²) in [4.78, 5) is 16.7. The average Bonchev–Trinajstić information content (AvgIpc) is 3.00. The molecule has 0 bridgehead atoms. The summed E-state index contributed by atoms with van der Waals surface area (Å²) in [5, 5.41) is 14.0. The molecule has 0 saturated carbocycles. The first-order valence-electron chi connectivity index (χ1n) is 9.27. The fourth-order valence-corrected chi connectivity index (χ4v) is 4.05. The molecule has 2 atom stereocenters. The fourth-order valence-electron chi connectivity index (χ4n) is 3.83. The first-order chi connectivity index (χ1) is 12.1. The monoisotopic (exact) mass is 365 g/mol. The summed E-state index contributed by atoms with van der Waals surface area (Å²) in [7, 11) is 0. The van der Waals surface area contributed by atoms with Crippen molar-refractivity contribution in [1.82, 2.24) is 15.1 Å². The quantitative estimate of drug-likeness (QED) is 0.808. The Kier molecular flexibility index (Phi) is 6.70. The zero-order chi connectivity index (χ0) is 17.6. The van der Waals surface area contributed by atoms with Crippen molar-refractivity contribution < 1.29 is 9.90 Å². The van der Waals surface area contributed by atoms with Crippen LogP contribution < -0.4 is 5.32 Å². The number of rotatable bonds is 6. The van der Waals surface area contributed by atoms with Gasteiger partial charge in [-0.1, -0.05) is 30.2 Å². The highest BCUT2D eigenvalue weighted by atomic mass is 35.5. The predicted molar refractivity (Wildman–Crippen MR) is 99.6 cm³/mol. The highest BCUT2D eigenvalue weighted by Gasteiger charge is 2.35. The maximum Gasteiger partial charge on any atom is 0.221 e. The van der Waals surface area contributed by atoms with Gasteiger partial charge in [0.05, 0.1) is 6.10 Å². The Bertz CT molecular complexity index is 578. The lowest BCUT2D eigenvalue weighted by Gasteiger charge is -2.33. The lowest BCUT2D eigenvalue weighted by Crippen LogP contribution is -2.45. The Balaban J connectivity index is 1.39. The van der Waals surface area contributed by atoms with Gasteiger partial charge in [0.15, 0.2) is 0 Å². The molecule has 6 heteroatoms. The van der Waals surface area contributed by atoms with Crippen LogP contribution in [0.3, 0.4) is 0 Å². The number of hydrogen-bond donors (Lipinski definition) is 2. The molecule has 0 unspecified atom stereocenters. The number of hydrogen-bond acceptors (Lipinski definition) is 4. The van der Waals surface area contributed by atoms with Gasteiger partial charge in [0.1, 0.15) is 0 Å². The molecule has 2 heterocycles. The molecule has 1 aromatic carbocycles. The molecule has 2 N–H and O–H groups in total. The van der Waals surface area contributed by atoms with E-state index in [1.165, 1.54) is 19.3 Å². The molecule has 3 rings (SSSR count). The SMILES string of the molecule is O=C(CCN1C[C@H](O)[C@@H](N2CCCCC2)C1)NCc1cccc(Cl)c1. The van der Waals surface area contributed by atoms with Crippen molar-refractivity contribution in [2.45, 2.75) is 44.4 Å². The number of nitrogens with one attached hydrogen (secondary N) is 1. The molecule has 0 aliphatic carbocycles. The average molecular weight is 366 g/mol. The second kappa shape index (κ2) is 8.99. The van der Waals surface area contributed by atoms with Crippen LogP contribution in [0.5, 0.6) is 0 Å². The second-order valence-electron chi connectivity index (χ2n) is 7.15. The van der Waals surface area contributed by atoms with E-state index < -0.39 is 0 Å². The van der Waals surface area contributed by atoms with Crippen molar-refractivity contribution in [1.29, 1.82) is 0 Å². The van der Waals surface area contributed by atoms with Crippen molar-refractivity contribution in [2.24, 2.45) is 0 Å². The third kappa shape index (κ3) is 5.42. The van der Waals surface area contributed by atoms with Gasteiger partial charge in [-0.15, -0.1) is 0 Å². The first-order valence-corrected chi connectivity index (χ1v) is 9.65. The minimum atomic E-state index is -0.298. The second-order valence-corrected chi connectivity index (χ2v) is 7.58. The molecule has 2 aliphatic heterocycles. The van der Waals surface area contributed by atoms with E-state index >= 15 is 0 Å². The summed E-state index contributed by atoms with van der Waals surface area (Å²) in [6.07, 6.45) is 3.92. The van der Waals surface area contributed by atoms with Gasteiger partial charge in [0.25, 0.3) is 0 Å². The van der Waals surface area contributed by atoms with Crippen LogP contribution in [-0.4, -0.2) is 65.7 Å². The molecule has 0 radical (unpaired) electrons. The number of β-amino-alcohol motifs (C(OH)–C–C–N with tert-alkyl or cyclic N) is 1. The lowest BCUT2D eigenvalue weighted by atomic mass is 10.1. The number of amides is 1. The molecule has 1 aromatic rings. The molecule has 5 nitrogen and oxygen atoms in total. The number of benzene rings is 1. The molecular weight excluding hydrogens is 338 g/mol. The van der Waals surface area contributed by atoms with Crippen molar-refractivity contribution in [3.63, 3.8) is 0 Å². The fraction of sp³-hybridized carbons (Fsp3) is 0.632. The van der Waals surface area contributed by atoms with E-state index in [1.54, 1.807) is 0 Å². The summed E-state index contributed by atoms with van der Waals surface area (Å²) in [5.41, 5.74) is 1.00. The molecule has 138 valence electrons. The van der Waals surface area contributed by atoms with Crippen LogP contribution in [-0.2, 0) is 11.3 Å². The zero-order valence-electron chi connectivity index (χ0n) is 14.7. The number of nitrogens with zero attached hydrogens (tertiary/aromatic N) is 2. The highest BCUT2D eigenvalue weighted by Crippen LogP contribution is 2.20. The molecular formula is C19H28ClN3O2. The van der Waals surface area contributed by atoms with Gasteiger partial charge in [0.2, 0.25) is 5.91 Å². The third-order valence-corrected chi connectivity index (χ3v) is 5.46. The van der Waals surface area contributed by atoms with Crippen LogP contribution in [0.1, 0.15) is 31.2 Å². The van der Waals surface area contributed by atoms with Crippen molar-refractivity contribution >= 4 is 17.5 Å². The Morgan fingerprint density at radius 2 is 2.04 bits per heavy atom. The molecule has 0 aromatic heterocycles. The van der Waals surface area contributed by atoms with Crippen LogP contribution in [0.2, 0.25) is 5.02 Å². The molecule has 0 spiro atoms. The smallest absolute Gasteiger partial charge is 0.221 e. The van der Waals surface area contributed by atoms with Gasteiger partial charge < -0.3 is 10.4 Å². The first kappa shape index (κ1) is 18.6. The Hall–Kier alpha value is -1.14. The standard InChI is InChI=1S/C19H28ClN3O2/c20-16-6-4-5-15(11-16)12-21-19(25)7-10-22-13-17(18(24)14-22)23-8-2-1-3-9-23/h4-6,11,17-18,24H,1-3,7-10,12-14H2,(H,21,25)/t17-,18-/m0/s1. The number of piperidine rings is 1. The highest BCUT2D eigenvalue weighted by molar-refractivity contribution is 6.30. The third-order valence-electron chi connectivity index (χ3n) is 5.23. The van der Waals surface area contributed by atoms with Crippen LogP contribution in [0.4, 0.5) is 0 Å². The minimum absolute atomic E-state index is 0.0379. The molecule has 2 fully saturated rings. The zero-order valence-corrected chi connectivity index (χ0v) is 15.4. The molecule has 1 amide bonds. The van der Waals surface area contributed by atoms with E-state index in [9.17, 15) is 9.90 Å². The number of aliphatic hydroxyl groups is 1. The summed E-state index contributed by atoms with van der Waals surface area (Å²) in [6.45, 7) is 4.91. The normalized spacial score (nSPS) is 25.2. The van der Waals surface area contributed by atoms with Crippen LogP contribution in [0, 0.1) is 0 Å². The van der Waals surface area contributed by atoms with Gasteiger partial charge in [0, 0.05) is 43.7 Å². The summed E-state index contributed by atoms with van der Waals surface area (Å²) in [6, 6.07) is 7.75. The maximum atomic E-state index is 12.1. The van der Waals surface area contributed by atoms with Crippen LogP contribution in [0.25, 0.3) is 0 Å². The van der Waals surface area contributed by atoms with Crippen molar-refractivity contribution in [2.75, 3.05) is 32.7 Å². The summed E-state index contributed by atoms with van der Waals surface area (Å²) < 4.78 is 0. The van der Waals surface area contributed by atoms with E-state index in [-0.39, 0.29) is 18.1 Å². The Morgan fingerprint density at radius 3 is 2.80 bits per heavy atom. The van der Waals surface area contributed by atoms with Crippen LogP contribution in [0.15, 0.2) is 24.3 Å². The topological polar surface area (TPSA) is 55.8 Å². The van der Waals surface area contributed by atoms with Crippen molar-refractivity contribution in [3.05, 3.63) is 34.9 Å². The number of likely N-dealkylation sites (tertiary alicyclic amines) is 2. The van der Waals surface area contributed by atoms with E-state index in [0.717, 1.165) is 25.2 Å². The molecule has 25 heavy (non-hydrogen) atoms. The number of aliphatic hydroxyl groups excluding tert-OH is 1. The van der Waals surface area contributed by atoms with Gasteiger partial charge in [-0.05, 0) is 43.6 Å². The van der Waals surface area contributed by atoms with Crippen molar-refractivity contribution in [3.8, 4) is 0 Å². The largest absolute Gasteiger partial charge is 0.390 e. The van der Waals surface area contributed by atoms with E-state index in [0.29, 0.717) is 31.1 Å². The Morgan fingerprint density at radius 1 is 1.24 bits per heavy atom. The van der Waals surface area contributed by atoms with E-state index in [4.69, 9.17) is 11.6 Å². The molecule has 2 aliphatic rings. The van der Waals surface area contributed by atoms with Gasteiger partial charge in [-0.2, -0.15) is 0 Å². The van der Waals surface area contributed by atoms with Gasteiger partial charge in [-0.3, -0.25) is 14.6 Å². The van der Waals surface area contributed by atoms with E-state index in [1.807, 2.05) is 24.3 Å². The number of carbonyl (C=O) groups excluding carboxylic acids is 1. The summed E-state index contributed by atoms with van der Waals surface area (Å²) >= 11 is 5.95. The van der Waals surface area contributed by atoms with Gasteiger partial charge in [-0.25, -0.2) is 0 Å². The minimum Gasteiger partial charge on any atom is -0.390 e. The molecule has 2 saturated heterocycles.